The van der Waals surface area contributed by atoms with Gasteiger partial charge in [0.2, 0.25) is 0 Å². The Hall–Kier alpha value is -1.68. The third kappa shape index (κ3) is 3.64. The van der Waals surface area contributed by atoms with Gasteiger partial charge >= 0.3 is 5.97 Å². The lowest BCUT2D eigenvalue weighted by atomic mass is 10.2. The van der Waals surface area contributed by atoms with Crippen molar-refractivity contribution in [3.05, 3.63) is 35.4 Å². The van der Waals surface area contributed by atoms with Crippen LogP contribution in [0.5, 0.6) is 0 Å². The van der Waals surface area contributed by atoms with Crippen molar-refractivity contribution in [1.82, 2.24) is 4.90 Å². The molecule has 0 aliphatic carbocycles. The van der Waals surface area contributed by atoms with Gasteiger partial charge in [0.25, 0.3) is 0 Å². The Bertz CT molecular complexity index is 435. The van der Waals surface area contributed by atoms with Gasteiger partial charge in [0.1, 0.15) is 12.9 Å². The zero-order valence-corrected chi connectivity index (χ0v) is 11.2. The molecule has 19 heavy (non-hydrogen) atoms. The highest BCUT2D eigenvalue weighted by Gasteiger charge is 2.28. The molecule has 4 nitrogen and oxygen atoms in total. The molecule has 0 saturated carbocycles. The second-order valence-electron chi connectivity index (χ2n) is 4.92. The lowest BCUT2D eigenvalue weighted by molar-refractivity contribution is -0.152. The van der Waals surface area contributed by atoms with E-state index in [0.29, 0.717) is 6.29 Å². The Morgan fingerprint density at radius 2 is 1.95 bits per heavy atom. The van der Waals surface area contributed by atoms with Gasteiger partial charge in [0.15, 0.2) is 6.04 Å². The highest BCUT2D eigenvalue weighted by atomic mass is 16.5. The first-order valence-electron chi connectivity index (χ1n) is 6.62. The number of esters is 1. The first-order chi connectivity index (χ1) is 9.20. The Kier molecular flexibility index (Phi) is 4.68. The van der Waals surface area contributed by atoms with E-state index in [-0.39, 0.29) is 6.61 Å². The Labute approximate surface area is 113 Å². The van der Waals surface area contributed by atoms with Crippen LogP contribution < -0.4 is 0 Å². The van der Waals surface area contributed by atoms with Crippen LogP contribution in [0, 0.1) is 6.92 Å². The molecule has 0 radical (unpaired) electrons. The average molecular weight is 261 g/mol. The van der Waals surface area contributed by atoms with E-state index in [1.54, 1.807) is 0 Å². The Balaban J connectivity index is 1.88. The lowest BCUT2D eigenvalue weighted by Crippen LogP contribution is -2.41. The summed E-state index contributed by atoms with van der Waals surface area (Å²) in [6, 6.07) is 7.05. The minimum Gasteiger partial charge on any atom is -0.459 e. The number of rotatable bonds is 5. The van der Waals surface area contributed by atoms with Gasteiger partial charge in [-0.05, 0) is 38.4 Å². The van der Waals surface area contributed by atoms with Crippen molar-refractivity contribution in [2.45, 2.75) is 32.4 Å². The van der Waals surface area contributed by atoms with Gasteiger partial charge in [0.05, 0.1) is 0 Å². The normalized spacial score (nSPS) is 17.1. The summed E-state index contributed by atoms with van der Waals surface area (Å²) >= 11 is 0. The molecule has 0 bridgehead atoms. The maximum atomic E-state index is 11.9. The molecule has 1 atom stereocenters. The molecule has 0 amide bonds. The van der Waals surface area contributed by atoms with Gasteiger partial charge in [-0.25, -0.2) is 4.79 Å². The molecule has 4 heteroatoms. The van der Waals surface area contributed by atoms with Crippen LogP contribution in [0.25, 0.3) is 0 Å². The van der Waals surface area contributed by atoms with Crippen LogP contribution >= 0.6 is 0 Å². The number of hydrogen-bond acceptors (Lipinski definition) is 4. The van der Waals surface area contributed by atoms with Crippen LogP contribution in [0.15, 0.2) is 24.3 Å². The third-order valence-corrected chi connectivity index (χ3v) is 3.41. The van der Waals surface area contributed by atoms with E-state index in [1.165, 1.54) is 0 Å². The van der Waals surface area contributed by atoms with Crippen molar-refractivity contribution in [2.24, 2.45) is 0 Å². The van der Waals surface area contributed by atoms with Gasteiger partial charge < -0.3 is 9.53 Å². The van der Waals surface area contributed by atoms with Gasteiger partial charge in [-0.15, -0.1) is 0 Å². The van der Waals surface area contributed by atoms with Crippen molar-refractivity contribution < 1.29 is 14.3 Å². The summed E-state index contributed by atoms with van der Waals surface area (Å²) in [5.41, 5.74) is 2.10. The minimum absolute atomic E-state index is 0.220. The predicted octanol–water partition coefficient (Wildman–Crippen LogP) is 1.70. The standard InChI is InChI=1S/C15H19NO3/c1-12-4-6-13(7-5-12)11-19-15(18)14(10-17)16-8-2-3-9-16/h4-7,10,14H,2-3,8-9,11H2,1H3. The van der Waals surface area contributed by atoms with E-state index in [4.69, 9.17) is 4.74 Å². The molecule has 1 aromatic carbocycles. The fourth-order valence-electron chi connectivity index (χ4n) is 2.23. The number of carbonyl (C=O) groups is 2. The molecule has 2 rings (SSSR count). The number of nitrogens with zero attached hydrogens (tertiary/aromatic N) is 1. The molecule has 1 saturated heterocycles. The molecule has 1 unspecified atom stereocenters. The number of aryl methyl sites for hydroxylation is 1. The first kappa shape index (κ1) is 13.7. The van der Waals surface area contributed by atoms with E-state index < -0.39 is 12.0 Å². The number of hydrogen-bond donors (Lipinski definition) is 0. The van der Waals surface area contributed by atoms with Crippen molar-refractivity contribution in [3.63, 3.8) is 0 Å². The first-order valence-corrected chi connectivity index (χ1v) is 6.62. The highest BCUT2D eigenvalue weighted by molar-refractivity contribution is 5.92. The Morgan fingerprint density at radius 3 is 2.53 bits per heavy atom. The molecule has 1 aliphatic rings. The van der Waals surface area contributed by atoms with Crippen LogP contribution in [-0.4, -0.2) is 36.3 Å². The largest absolute Gasteiger partial charge is 0.459 e. The molecule has 1 fully saturated rings. The fourth-order valence-corrected chi connectivity index (χ4v) is 2.23. The molecule has 102 valence electrons. The molecular weight excluding hydrogens is 242 g/mol. The number of benzene rings is 1. The van der Waals surface area contributed by atoms with Gasteiger partial charge in [-0.2, -0.15) is 0 Å². The van der Waals surface area contributed by atoms with Gasteiger partial charge in [0, 0.05) is 0 Å². The summed E-state index contributed by atoms with van der Waals surface area (Å²) in [5.74, 6) is -0.447. The minimum atomic E-state index is -0.743. The van der Waals surface area contributed by atoms with Crippen LogP contribution in [0.2, 0.25) is 0 Å². The maximum Gasteiger partial charge on any atom is 0.331 e. The average Bonchev–Trinajstić information content (AvgIpc) is 2.93. The van der Waals surface area contributed by atoms with E-state index in [1.807, 2.05) is 36.1 Å². The van der Waals surface area contributed by atoms with E-state index >= 15 is 0 Å². The summed E-state index contributed by atoms with van der Waals surface area (Å²) in [7, 11) is 0. The quantitative estimate of drug-likeness (QED) is 0.460. The van der Waals surface area contributed by atoms with Gasteiger partial charge in [-0.3, -0.25) is 4.90 Å². The van der Waals surface area contributed by atoms with Gasteiger partial charge in [-0.1, -0.05) is 29.8 Å². The molecular formula is C15H19NO3. The molecule has 1 heterocycles. The monoisotopic (exact) mass is 261 g/mol. The summed E-state index contributed by atoms with van der Waals surface area (Å²) in [4.78, 5) is 24.8. The second kappa shape index (κ2) is 6.48. The molecule has 0 N–H and O–H groups in total. The molecule has 0 aromatic heterocycles. The predicted molar refractivity (Wildman–Crippen MR) is 71.6 cm³/mol. The zero-order chi connectivity index (χ0) is 13.7. The maximum absolute atomic E-state index is 11.9. The second-order valence-corrected chi connectivity index (χ2v) is 4.92. The van der Waals surface area contributed by atoms with Crippen molar-refractivity contribution in [3.8, 4) is 0 Å². The van der Waals surface area contributed by atoms with Crippen molar-refractivity contribution in [1.29, 1.82) is 0 Å². The van der Waals surface area contributed by atoms with Crippen molar-refractivity contribution >= 4 is 12.3 Å². The number of likely N-dealkylation sites (tertiary alicyclic amines) is 1. The van der Waals surface area contributed by atoms with E-state index in [9.17, 15) is 9.59 Å². The topological polar surface area (TPSA) is 46.6 Å². The number of ether oxygens (including phenoxy) is 1. The van der Waals surface area contributed by atoms with Crippen molar-refractivity contribution in [2.75, 3.05) is 13.1 Å². The zero-order valence-electron chi connectivity index (χ0n) is 11.2. The summed E-state index contributed by atoms with van der Waals surface area (Å²) in [6.45, 7) is 3.81. The van der Waals surface area contributed by atoms with Crippen LogP contribution in [0.4, 0.5) is 0 Å². The van der Waals surface area contributed by atoms with Crippen LogP contribution in [-0.2, 0) is 20.9 Å². The van der Waals surface area contributed by atoms with E-state index in [2.05, 4.69) is 0 Å². The van der Waals surface area contributed by atoms with Crippen LogP contribution in [0.3, 0.4) is 0 Å². The summed E-state index contributed by atoms with van der Waals surface area (Å²) in [5, 5.41) is 0. The summed E-state index contributed by atoms with van der Waals surface area (Å²) in [6.07, 6.45) is 2.76. The number of carbonyl (C=O) groups excluding carboxylic acids is 2. The van der Waals surface area contributed by atoms with E-state index in [0.717, 1.165) is 37.1 Å². The fraction of sp³-hybridized carbons (Fsp3) is 0.467. The molecule has 1 aliphatic heterocycles. The smallest absolute Gasteiger partial charge is 0.331 e. The highest BCUT2D eigenvalue weighted by Crippen LogP contribution is 2.12. The van der Waals surface area contributed by atoms with Crippen LogP contribution in [0.1, 0.15) is 24.0 Å². The molecule has 0 spiro atoms. The summed E-state index contributed by atoms with van der Waals surface area (Å²) < 4.78 is 5.22. The lowest BCUT2D eigenvalue weighted by Gasteiger charge is -2.20. The molecule has 1 aromatic rings. The third-order valence-electron chi connectivity index (χ3n) is 3.41. The SMILES string of the molecule is Cc1ccc(COC(=O)C(C=O)N2CCCC2)cc1. The number of aldehydes is 1. The Morgan fingerprint density at radius 1 is 1.32 bits per heavy atom.